The second-order valence-corrected chi connectivity index (χ2v) is 7.86. The summed E-state index contributed by atoms with van der Waals surface area (Å²) in [4.78, 5) is 1.37. The summed E-state index contributed by atoms with van der Waals surface area (Å²) in [7, 11) is -6.09. The predicted octanol–water partition coefficient (Wildman–Crippen LogP) is 4.88. The van der Waals surface area contributed by atoms with Crippen molar-refractivity contribution in [2.45, 2.75) is 10.4 Å². The van der Waals surface area contributed by atoms with E-state index in [1.807, 2.05) is 0 Å². The van der Waals surface area contributed by atoms with E-state index in [1.165, 1.54) is 38.9 Å². The minimum atomic E-state index is -6.09. The molecule has 0 radical (unpaired) electrons. The van der Waals surface area contributed by atoms with Crippen LogP contribution in [0.2, 0.25) is 0 Å². The fraction of sp³-hybridized carbons (Fsp3) is 0.100. The average molecular weight is 426 g/mol. The number of hydrogen-bond acceptors (Lipinski definition) is 3. The maximum Gasteiger partial charge on any atom is 0.485 e. The Morgan fingerprint density at radius 2 is 1.25 bits per heavy atom. The van der Waals surface area contributed by atoms with E-state index >= 15 is 0 Å². The predicted molar refractivity (Wildman–Crippen MR) is 106 cm³/mol. The Hall–Kier alpha value is -2.29. The van der Waals surface area contributed by atoms with Crippen LogP contribution in [0.1, 0.15) is 0 Å². The first-order chi connectivity index (χ1) is 13.1. The molecule has 3 aromatic rings. The van der Waals surface area contributed by atoms with Crippen molar-refractivity contribution in [3.8, 4) is 22.3 Å². The SMILES string of the molecule is C[SH+]c1cccc(-c2ccccc2)c1-c1ccccc1.O=S(=O)([O-])C(F)(F)F. The first-order valence-corrected chi connectivity index (χ1v) is 10.8. The van der Waals surface area contributed by atoms with Crippen LogP contribution in [-0.2, 0) is 21.9 Å². The van der Waals surface area contributed by atoms with Crippen molar-refractivity contribution in [3.05, 3.63) is 78.9 Å². The van der Waals surface area contributed by atoms with Crippen LogP contribution in [0.15, 0.2) is 83.8 Å². The highest BCUT2D eigenvalue weighted by Crippen LogP contribution is 2.35. The zero-order valence-electron chi connectivity index (χ0n) is 14.7. The molecule has 0 aromatic heterocycles. The number of hydrogen-bond donors (Lipinski definition) is 0. The largest absolute Gasteiger partial charge is 0.741 e. The molecule has 0 N–H and O–H groups in total. The fourth-order valence-electron chi connectivity index (χ4n) is 2.49. The van der Waals surface area contributed by atoms with Gasteiger partial charge >= 0.3 is 5.51 Å². The first kappa shape index (κ1) is 22.0. The standard InChI is InChI=1S/C19H16S.CHF3O3S/c1-20-18-14-8-13-17(15-9-4-2-5-10-15)19(18)16-11-6-3-7-12-16;2-1(3,4)8(5,6)7/h2-14H,1H3;(H,5,6,7). The number of alkyl halides is 3. The normalized spacial score (nSPS) is 11.5. The zero-order valence-corrected chi connectivity index (χ0v) is 16.4. The molecule has 0 spiro atoms. The molecule has 0 unspecified atom stereocenters. The Balaban J connectivity index is 0.000000300. The van der Waals surface area contributed by atoms with E-state index in [0.717, 1.165) is 0 Å². The van der Waals surface area contributed by atoms with E-state index in [-0.39, 0.29) is 0 Å². The van der Waals surface area contributed by atoms with E-state index in [9.17, 15) is 13.2 Å². The first-order valence-electron chi connectivity index (χ1n) is 8.01. The van der Waals surface area contributed by atoms with Gasteiger partial charge in [0.2, 0.25) is 0 Å². The van der Waals surface area contributed by atoms with Crippen molar-refractivity contribution < 1.29 is 26.1 Å². The summed E-state index contributed by atoms with van der Waals surface area (Å²) in [5, 5.41) is 0. The fourth-order valence-corrected chi connectivity index (χ4v) is 3.20. The second kappa shape index (κ2) is 9.27. The van der Waals surface area contributed by atoms with Crippen LogP contribution in [0.5, 0.6) is 0 Å². The summed E-state index contributed by atoms with van der Waals surface area (Å²) in [6, 6.07) is 27.9. The maximum atomic E-state index is 10.7. The highest BCUT2D eigenvalue weighted by atomic mass is 32.2. The molecule has 0 aliphatic heterocycles. The zero-order chi connectivity index (χ0) is 20.8. The molecule has 0 heterocycles. The summed E-state index contributed by atoms with van der Waals surface area (Å²) in [6.45, 7) is 0. The topological polar surface area (TPSA) is 57.2 Å². The highest BCUT2D eigenvalue weighted by molar-refractivity contribution is 7.86. The van der Waals surface area contributed by atoms with E-state index in [0.29, 0.717) is 0 Å². The van der Waals surface area contributed by atoms with Gasteiger partial charge in [0.15, 0.2) is 15.0 Å². The molecule has 0 bridgehead atoms. The van der Waals surface area contributed by atoms with E-state index in [4.69, 9.17) is 13.0 Å². The lowest BCUT2D eigenvalue weighted by Crippen LogP contribution is -2.21. The Bertz CT molecular complexity index is 1000. The van der Waals surface area contributed by atoms with Gasteiger partial charge in [0.05, 0.1) is 0 Å². The second-order valence-electron chi connectivity index (χ2n) is 5.56. The quantitative estimate of drug-likeness (QED) is 0.260. The summed E-state index contributed by atoms with van der Waals surface area (Å²) in [5.41, 5.74) is -0.423. The summed E-state index contributed by atoms with van der Waals surface area (Å²) >= 11 is 1.30. The monoisotopic (exact) mass is 426 g/mol. The van der Waals surface area contributed by atoms with Gasteiger partial charge in [-0.2, -0.15) is 13.2 Å². The third-order valence-corrected chi connectivity index (χ3v) is 5.14. The number of rotatable bonds is 3. The summed E-state index contributed by atoms with van der Waals surface area (Å²) in [5.74, 6) is 0. The Morgan fingerprint density at radius 3 is 1.68 bits per heavy atom. The number of thiol groups is 1. The summed E-state index contributed by atoms with van der Waals surface area (Å²) < 4.78 is 58.9. The van der Waals surface area contributed by atoms with Gasteiger partial charge in [0.25, 0.3) is 0 Å². The van der Waals surface area contributed by atoms with Gasteiger partial charge in [-0.1, -0.05) is 72.8 Å². The smallest absolute Gasteiger partial charge is 0.485 e. The molecule has 0 aliphatic rings. The van der Waals surface area contributed by atoms with Crippen molar-refractivity contribution in [1.82, 2.24) is 0 Å². The van der Waals surface area contributed by atoms with Crippen molar-refractivity contribution in [2.24, 2.45) is 0 Å². The Kier molecular flexibility index (Phi) is 7.29. The minimum Gasteiger partial charge on any atom is -0.741 e. The third-order valence-electron chi connectivity index (χ3n) is 3.71. The van der Waals surface area contributed by atoms with E-state index in [2.05, 4.69) is 85.1 Å². The minimum absolute atomic E-state index is 1.27. The van der Waals surface area contributed by atoms with Gasteiger partial charge in [-0.25, -0.2) is 8.42 Å². The van der Waals surface area contributed by atoms with Crippen LogP contribution in [0.3, 0.4) is 0 Å². The van der Waals surface area contributed by atoms with Gasteiger partial charge in [0, 0.05) is 17.3 Å². The molecule has 0 atom stereocenters. The van der Waals surface area contributed by atoms with Gasteiger partial charge in [-0.3, -0.25) is 0 Å². The van der Waals surface area contributed by atoms with Crippen LogP contribution in [0.4, 0.5) is 13.2 Å². The summed E-state index contributed by atoms with van der Waals surface area (Å²) in [6.07, 6.45) is 2.19. The average Bonchev–Trinajstić information content (AvgIpc) is 2.67. The van der Waals surface area contributed by atoms with Crippen LogP contribution < -0.4 is 0 Å². The molecule has 3 aromatic carbocycles. The molecule has 8 heteroatoms. The molecule has 3 rings (SSSR count). The molecule has 3 nitrogen and oxygen atoms in total. The molecule has 0 aliphatic carbocycles. The highest BCUT2D eigenvalue weighted by Gasteiger charge is 2.36. The van der Waals surface area contributed by atoms with Crippen LogP contribution in [-0.4, -0.2) is 24.7 Å². The Morgan fingerprint density at radius 1 is 0.786 bits per heavy atom. The van der Waals surface area contributed by atoms with Gasteiger partial charge in [0.1, 0.15) is 6.26 Å². The van der Waals surface area contributed by atoms with Crippen LogP contribution in [0.25, 0.3) is 22.3 Å². The Labute approximate surface area is 166 Å². The molecule has 0 saturated heterocycles. The maximum absolute atomic E-state index is 10.7. The van der Waals surface area contributed by atoms with Crippen molar-refractivity contribution in [2.75, 3.05) is 6.26 Å². The van der Waals surface area contributed by atoms with E-state index < -0.39 is 15.6 Å². The third kappa shape index (κ3) is 5.60. The number of benzene rings is 3. The van der Waals surface area contributed by atoms with Gasteiger partial charge < -0.3 is 4.55 Å². The molecule has 0 fully saturated rings. The molecule has 28 heavy (non-hydrogen) atoms. The van der Waals surface area contributed by atoms with Crippen molar-refractivity contribution >= 4 is 21.9 Å². The van der Waals surface area contributed by atoms with Gasteiger partial charge in [-0.05, 0) is 22.8 Å². The molecule has 0 saturated carbocycles. The van der Waals surface area contributed by atoms with Crippen molar-refractivity contribution in [1.29, 1.82) is 0 Å². The van der Waals surface area contributed by atoms with Crippen molar-refractivity contribution in [3.63, 3.8) is 0 Å². The lowest BCUT2D eigenvalue weighted by Gasteiger charge is -2.11. The molecular weight excluding hydrogens is 409 g/mol. The van der Waals surface area contributed by atoms with Gasteiger partial charge in [-0.15, -0.1) is 0 Å². The lowest BCUT2D eigenvalue weighted by atomic mass is 9.94. The molecular formula is C20H17F3O3S2. The lowest BCUT2D eigenvalue weighted by molar-refractivity contribution is -0.0517. The molecule has 148 valence electrons. The van der Waals surface area contributed by atoms with Crippen LogP contribution in [0, 0.1) is 0 Å². The van der Waals surface area contributed by atoms with Crippen LogP contribution >= 0.6 is 0 Å². The number of halogens is 3. The molecule has 0 amide bonds. The van der Waals surface area contributed by atoms with E-state index in [1.54, 1.807) is 0 Å².